The molecule has 0 saturated heterocycles. The van der Waals surface area contributed by atoms with E-state index in [-0.39, 0.29) is 0 Å². The molecule has 0 aromatic heterocycles. The Morgan fingerprint density at radius 1 is 1.33 bits per heavy atom. The molecule has 0 heterocycles. The third-order valence-electron chi connectivity index (χ3n) is 4.03. The van der Waals surface area contributed by atoms with Crippen molar-refractivity contribution in [1.29, 1.82) is 0 Å². The standard InChI is InChI=1S/C15H22ClNO/c1-10-3-5-14(11(2)7-10)17-9-12-8-13(16)4-6-15(12)18/h4,6,8,10-11,14,17-18H,3,5,7,9H2,1-2H3. The minimum absolute atomic E-state index is 0.323. The Kier molecular flexibility index (Phi) is 4.52. The molecule has 1 saturated carbocycles. The number of hydrogen-bond acceptors (Lipinski definition) is 2. The van der Waals surface area contributed by atoms with Gasteiger partial charge in [-0.15, -0.1) is 0 Å². The Labute approximate surface area is 114 Å². The number of aromatic hydroxyl groups is 1. The molecule has 18 heavy (non-hydrogen) atoms. The number of benzene rings is 1. The Bertz CT molecular complexity index is 407. The van der Waals surface area contributed by atoms with Crippen LogP contribution in [0.5, 0.6) is 5.75 Å². The van der Waals surface area contributed by atoms with Gasteiger partial charge in [-0.25, -0.2) is 0 Å². The lowest BCUT2D eigenvalue weighted by Crippen LogP contribution is -2.38. The topological polar surface area (TPSA) is 32.3 Å². The molecule has 3 unspecified atom stereocenters. The summed E-state index contributed by atoms with van der Waals surface area (Å²) in [6, 6.07) is 5.76. The summed E-state index contributed by atoms with van der Waals surface area (Å²) < 4.78 is 0. The van der Waals surface area contributed by atoms with Gasteiger partial charge >= 0.3 is 0 Å². The van der Waals surface area contributed by atoms with Gasteiger partial charge in [-0.3, -0.25) is 0 Å². The van der Waals surface area contributed by atoms with E-state index in [1.165, 1.54) is 19.3 Å². The predicted molar refractivity (Wildman–Crippen MR) is 75.9 cm³/mol. The van der Waals surface area contributed by atoms with Crippen LogP contribution in [0, 0.1) is 11.8 Å². The Balaban J connectivity index is 1.93. The van der Waals surface area contributed by atoms with E-state index in [0.717, 1.165) is 11.5 Å². The number of hydrogen-bond donors (Lipinski definition) is 2. The van der Waals surface area contributed by atoms with Crippen molar-refractivity contribution in [3.8, 4) is 5.75 Å². The molecule has 0 radical (unpaired) electrons. The zero-order valence-electron chi connectivity index (χ0n) is 11.1. The van der Waals surface area contributed by atoms with Crippen LogP contribution in [0.25, 0.3) is 0 Å². The van der Waals surface area contributed by atoms with Gasteiger partial charge in [-0.2, -0.15) is 0 Å². The SMILES string of the molecule is CC1CCC(NCc2cc(Cl)ccc2O)C(C)C1. The number of halogens is 1. The second kappa shape index (κ2) is 5.94. The highest BCUT2D eigenvalue weighted by atomic mass is 35.5. The fourth-order valence-electron chi connectivity index (χ4n) is 2.91. The first-order valence-electron chi connectivity index (χ1n) is 6.77. The maximum Gasteiger partial charge on any atom is 0.120 e. The largest absolute Gasteiger partial charge is 0.508 e. The molecular formula is C15H22ClNO. The molecule has 0 aliphatic heterocycles. The van der Waals surface area contributed by atoms with Gasteiger partial charge in [0.05, 0.1) is 0 Å². The van der Waals surface area contributed by atoms with E-state index in [2.05, 4.69) is 19.2 Å². The summed E-state index contributed by atoms with van der Waals surface area (Å²) in [5.74, 6) is 1.87. The van der Waals surface area contributed by atoms with E-state index in [1.54, 1.807) is 12.1 Å². The average molecular weight is 268 g/mol. The molecule has 3 atom stereocenters. The lowest BCUT2D eigenvalue weighted by Gasteiger charge is -2.33. The zero-order chi connectivity index (χ0) is 13.1. The molecule has 0 bridgehead atoms. The minimum Gasteiger partial charge on any atom is -0.508 e. The van der Waals surface area contributed by atoms with Crippen molar-refractivity contribution in [3.05, 3.63) is 28.8 Å². The molecule has 2 N–H and O–H groups in total. The highest BCUT2D eigenvalue weighted by Gasteiger charge is 2.24. The zero-order valence-corrected chi connectivity index (χ0v) is 11.9. The highest BCUT2D eigenvalue weighted by Crippen LogP contribution is 2.29. The fourth-order valence-corrected chi connectivity index (χ4v) is 3.10. The first kappa shape index (κ1) is 13.7. The van der Waals surface area contributed by atoms with Gasteiger partial charge in [-0.05, 0) is 49.3 Å². The van der Waals surface area contributed by atoms with Gasteiger partial charge < -0.3 is 10.4 Å². The van der Waals surface area contributed by atoms with Crippen LogP contribution in [-0.2, 0) is 6.54 Å². The summed E-state index contributed by atoms with van der Waals surface area (Å²) in [5, 5.41) is 14.0. The van der Waals surface area contributed by atoms with Crippen LogP contribution in [0.3, 0.4) is 0 Å². The Hall–Kier alpha value is -0.730. The number of phenolic OH excluding ortho intramolecular Hbond substituents is 1. The van der Waals surface area contributed by atoms with Gasteiger partial charge in [0.2, 0.25) is 0 Å². The summed E-state index contributed by atoms with van der Waals surface area (Å²) >= 11 is 5.95. The third-order valence-corrected chi connectivity index (χ3v) is 4.26. The van der Waals surface area contributed by atoms with Crippen LogP contribution in [0.1, 0.15) is 38.7 Å². The first-order valence-corrected chi connectivity index (χ1v) is 7.15. The van der Waals surface area contributed by atoms with Crippen LogP contribution in [0.15, 0.2) is 18.2 Å². The van der Waals surface area contributed by atoms with E-state index >= 15 is 0 Å². The molecule has 1 aliphatic rings. The molecule has 100 valence electrons. The molecular weight excluding hydrogens is 246 g/mol. The smallest absolute Gasteiger partial charge is 0.120 e. The minimum atomic E-state index is 0.323. The highest BCUT2D eigenvalue weighted by molar-refractivity contribution is 6.30. The molecule has 1 aliphatic carbocycles. The first-order chi connectivity index (χ1) is 8.56. The third kappa shape index (κ3) is 3.39. The molecule has 1 aromatic rings. The van der Waals surface area contributed by atoms with Crippen molar-refractivity contribution < 1.29 is 5.11 Å². The lowest BCUT2D eigenvalue weighted by molar-refractivity contribution is 0.226. The van der Waals surface area contributed by atoms with E-state index in [1.807, 2.05) is 6.07 Å². The number of nitrogens with one attached hydrogen (secondary N) is 1. The van der Waals surface area contributed by atoms with Crippen LogP contribution in [0.2, 0.25) is 5.02 Å². The van der Waals surface area contributed by atoms with E-state index in [4.69, 9.17) is 11.6 Å². The van der Waals surface area contributed by atoms with Crippen molar-refractivity contribution in [2.45, 2.75) is 45.7 Å². The molecule has 0 spiro atoms. The van der Waals surface area contributed by atoms with Crippen LogP contribution in [-0.4, -0.2) is 11.1 Å². The van der Waals surface area contributed by atoms with Crippen LogP contribution < -0.4 is 5.32 Å². The van der Waals surface area contributed by atoms with E-state index in [0.29, 0.717) is 29.3 Å². The summed E-state index contributed by atoms with van der Waals surface area (Å²) in [7, 11) is 0. The molecule has 3 heteroatoms. The monoisotopic (exact) mass is 267 g/mol. The summed E-state index contributed by atoms with van der Waals surface area (Å²) in [6.45, 7) is 5.33. The predicted octanol–water partition coefficient (Wildman–Crippen LogP) is 3.96. The second-order valence-electron chi connectivity index (χ2n) is 5.66. The molecule has 1 aromatic carbocycles. The van der Waals surface area contributed by atoms with Crippen LogP contribution in [0.4, 0.5) is 0 Å². The lowest BCUT2D eigenvalue weighted by atomic mass is 9.80. The Morgan fingerprint density at radius 2 is 2.11 bits per heavy atom. The van der Waals surface area contributed by atoms with E-state index < -0.39 is 0 Å². The van der Waals surface area contributed by atoms with Gasteiger partial charge in [0.25, 0.3) is 0 Å². The average Bonchev–Trinajstić information content (AvgIpc) is 2.32. The van der Waals surface area contributed by atoms with Crippen LogP contribution >= 0.6 is 11.6 Å². The quantitative estimate of drug-likeness (QED) is 0.869. The molecule has 1 fully saturated rings. The molecule has 0 amide bonds. The van der Waals surface area contributed by atoms with Crippen molar-refractivity contribution >= 4 is 11.6 Å². The molecule has 2 nitrogen and oxygen atoms in total. The van der Waals surface area contributed by atoms with Crippen molar-refractivity contribution in [1.82, 2.24) is 5.32 Å². The summed E-state index contributed by atoms with van der Waals surface area (Å²) in [5.41, 5.74) is 0.883. The second-order valence-corrected chi connectivity index (χ2v) is 6.09. The van der Waals surface area contributed by atoms with Gasteiger partial charge in [0.1, 0.15) is 5.75 Å². The summed E-state index contributed by atoms with van der Waals surface area (Å²) in [4.78, 5) is 0. The fraction of sp³-hybridized carbons (Fsp3) is 0.600. The summed E-state index contributed by atoms with van der Waals surface area (Å²) in [6.07, 6.45) is 3.81. The van der Waals surface area contributed by atoms with Crippen molar-refractivity contribution in [2.75, 3.05) is 0 Å². The maximum absolute atomic E-state index is 9.77. The number of rotatable bonds is 3. The van der Waals surface area contributed by atoms with Crippen molar-refractivity contribution in [2.24, 2.45) is 11.8 Å². The maximum atomic E-state index is 9.77. The van der Waals surface area contributed by atoms with Gasteiger partial charge in [-0.1, -0.05) is 25.4 Å². The Morgan fingerprint density at radius 3 is 2.83 bits per heavy atom. The number of phenols is 1. The van der Waals surface area contributed by atoms with Gasteiger partial charge in [0.15, 0.2) is 0 Å². The van der Waals surface area contributed by atoms with Crippen molar-refractivity contribution in [3.63, 3.8) is 0 Å². The molecule has 2 rings (SSSR count). The normalized spacial score (nSPS) is 28.3. The van der Waals surface area contributed by atoms with E-state index in [9.17, 15) is 5.11 Å². The van der Waals surface area contributed by atoms with Gasteiger partial charge in [0, 0.05) is 23.2 Å².